The van der Waals surface area contributed by atoms with Gasteiger partial charge in [0.05, 0.1) is 11.1 Å². The van der Waals surface area contributed by atoms with Crippen LogP contribution in [0.25, 0.3) is 10.2 Å². The summed E-state index contributed by atoms with van der Waals surface area (Å²) < 4.78 is 4.35. The maximum Gasteiger partial charge on any atom is 0.149 e. The molecule has 1 aliphatic heterocycles. The monoisotopic (exact) mass is 249 g/mol. The zero-order valence-electron chi connectivity index (χ0n) is 9.92. The van der Waals surface area contributed by atoms with Crippen LogP contribution in [0.1, 0.15) is 12.6 Å². The molecule has 0 aliphatic carbocycles. The van der Waals surface area contributed by atoms with Crippen LogP contribution in [-0.2, 0) is 0 Å². The maximum atomic E-state index is 6.07. The van der Waals surface area contributed by atoms with E-state index in [4.69, 9.17) is 5.73 Å². The highest BCUT2D eigenvalue weighted by atomic mass is 32.1. The molecule has 0 amide bonds. The van der Waals surface area contributed by atoms with Gasteiger partial charge in [-0.2, -0.15) is 4.37 Å². The first kappa shape index (κ1) is 10.9. The average Bonchev–Trinajstić information content (AvgIpc) is 2.84. The molecule has 1 saturated heterocycles. The van der Waals surface area contributed by atoms with E-state index < -0.39 is 0 Å². The van der Waals surface area contributed by atoms with Crippen molar-refractivity contribution in [3.8, 4) is 0 Å². The lowest BCUT2D eigenvalue weighted by Crippen LogP contribution is -2.28. The molecule has 0 aromatic carbocycles. The van der Waals surface area contributed by atoms with Crippen LogP contribution in [0.2, 0.25) is 0 Å². The maximum absolute atomic E-state index is 6.07. The van der Waals surface area contributed by atoms with Crippen molar-refractivity contribution >= 4 is 27.6 Å². The molecule has 0 bridgehead atoms. The van der Waals surface area contributed by atoms with E-state index in [2.05, 4.69) is 26.2 Å². The first-order valence-electron chi connectivity index (χ1n) is 5.74. The fourth-order valence-corrected chi connectivity index (χ4v) is 3.05. The molecule has 1 fully saturated rings. The van der Waals surface area contributed by atoms with E-state index in [-0.39, 0.29) is 6.04 Å². The molecule has 1 aliphatic rings. The number of fused-ring (bicyclic) bond motifs is 1. The summed E-state index contributed by atoms with van der Waals surface area (Å²) in [5.74, 6) is 1.49. The molecular formula is C11H15N5S. The zero-order chi connectivity index (χ0) is 12.0. The second kappa shape index (κ2) is 3.89. The van der Waals surface area contributed by atoms with Crippen LogP contribution in [0.5, 0.6) is 0 Å². The van der Waals surface area contributed by atoms with Gasteiger partial charge < -0.3 is 10.6 Å². The summed E-state index contributed by atoms with van der Waals surface area (Å²) in [6, 6.07) is 0.229. The normalized spacial score (nSPS) is 24.8. The van der Waals surface area contributed by atoms with Crippen molar-refractivity contribution in [1.29, 1.82) is 0 Å². The van der Waals surface area contributed by atoms with Crippen molar-refractivity contribution in [3.63, 3.8) is 0 Å². The highest BCUT2D eigenvalue weighted by Crippen LogP contribution is 2.31. The highest BCUT2D eigenvalue weighted by molar-refractivity contribution is 7.13. The number of nitrogens with zero attached hydrogens (tertiary/aromatic N) is 4. The standard InChI is InChI=1S/C11H15N5S/c1-6-3-16(4-8(6)12)10-9-7(2)15-17-11(9)14-5-13-10/h5-6,8H,3-4,12H2,1-2H3. The lowest BCUT2D eigenvalue weighted by atomic mass is 10.1. The number of nitrogens with two attached hydrogens (primary N) is 1. The molecule has 3 heterocycles. The number of aryl methyl sites for hydroxylation is 1. The average molecular weight is 249 g/mol. The molecule has 2 aromatic rings. The van der Waals surface area contributed by atoms with Gasteiger partial charge in [-0.3, -0.25) is 0 Å². The summed E-state index contributed by atoms with van der Waals surface area (Å²) in [6.45, 7) is 6.01. The molecule has 3 rings (SSSR count). The summed E-state index contributed by atoms with van der Waals surface area (Å²) in [6.07, 6.45) is 1.61. The third-order valence-electron chi connectivity index (χ3n) is 3.39. The molecule has 6 heteroatoms. The molecule has 0 saturated carbocycles. The fourth-order valence-electron chi connectivity index (χ4n) is 2.31. The molecule has 2 N–H and O–H groups in total. The predicted octanol–water partition coefficient (Wildman–Crippen LogP) is 1.18. The second-order valence-electron chi connectivity index (χ2n) is 4.69. The summed E-state index contributed by atoms with van der Waals surface area (Å²) in [7, 11) is 0. The molecule has 5 nitrogen and oxygen atoms in total. The summed E-state index contributed by atoms with van der Waals surface area (Å²) in [4.78, 5) is 11.9. The predicted molar refractivity (Wildman–Crippen MR) is 69.3 cm³/mol. The Bertz CT molecular complexity index is 542. The Morgan fingerprint density at radius 1 is 1.41 bits per heavy atom. The van der Waals surface area contributed by atoms with Gasteiger partial charge >= 0.3 is 0 Å². The van der Waals surface area contributed by atoms with E-state index in [1.54, 1.807) is 6.33 Å². The van der Waals surface area contributed by atoms with Crippen LogP contribution in [-0.4, -0.2) is 33.5 Å². The van der Waals surface area contributed by atoms with Crippen LogP contribution in [0.4, 0.5) is 5.82 Å². The fraction of sp³-hybridized carbons (Fsp3) is 0.545. The molecule has 90 valence electrons. The van der Waals surface area contributed by atoms with Gasteiger partial charge in [0.15, 0.2) is 0 Å². The molecule has 2 aromatic heterocycles. The molecule has 0 spiro atoms. The van der Waals surface area contributed by atoms with Gasteiger partial charge in [0.1, 0.15) is 17.0 Å². The Morgan fingerprint density at radius 2 is 2.24 bits per heavy atom. The molecular weight excluding hydrogens is 234 g/mol. The van der Waals surface area contributed by atoms with Crippen molar-refractivity contribution in [3.05, 3.63) is 12.0 Å². The van der Waals surface area contributed by atoms with Gasteiger partial charge in [-0.05, 0) is 24.4 Å². The molecule has 17 heavy (non-hydrogen) atoms. The van der Waals surface area contributed by atoms with E-state index in [0.29, 0.717) is 5.92 Å². The minimum atomic E-state index is 0.229. The quantitative estimate of drug-likeness (QED) is 0.822. The SMILES string of the molecule is Cc1nsc2ncnc(N3CC(C)C(N)C3)c12. The van der Waals surface area contributed by atoms with Gasteiger partial charge in [-0.1, -0.05) is 6.92 Å². The van der Waals surface area contributed by atoms with Gasteiger partial charge in [-0.25, -0.2) is 9.97 Å². The zero-order valence-corrected chi connectivity index (χ0v) is 10.7. The first-order chi connectivity index (χ1) is 8.16. The highest BCUT2D eigenvalue weighted by Gasteiger charge is 2.29. The van der Waals surface area contributed by atoms with Gasteiger partial charge in [0, 0.05) is 19.1 Å². The third-order valence-corrected chi connectivity index (χ3v) is 4.24. The van der Waals surface area contributed by atoms with Crippen molar-refractivity contribution in [1.82, 2.24) is 14.3 Å². The van der Waals surface area contributed by atoms with Crippen LogP contribution in [0, 0.1) is 12.8 Å². The number of hydrogen-bond donors (Lipinski definition) is 1. The van der Waals surface area contributed by atoms with E-state index in [9.17, 15) is 0 Å². The molecule has 2 atom stereocenters. The third kappa shape index (κ3) is 1.68. The number of rotatable bonds is 1. The van der Waals surface area contributed by atoms with E-state index in [0.717, 1.165) is 34.8 Å². The smallest absolute Gasteiger partial charge is 0.149 e. The van der Waals surface area contributed by atoms with E-state index in [1.807, 2.05) is 6.92 Å². The van der Waals surface area contributed by atoms with Crippen LogP contribution in [0.15, 0.2) is 6.33 Å². The summed E-state index contributed by atoms with van der Waals surface area (Å²) in [5.41, 5.74) is 7.07. The van der Waals surface area contributed by atoms with Crippen molar-refractivity contribution in [2.45, 2.75) is 19.9 Å². The Kier molecular flexibility index (Phi) is 2.48. The van der Waals surface area contributed by atoms with Crippen LogP contribution < -0.4 is 10.6 Å². The Morgan fingerprint density at radius 3 is 2.94 bits per heavy atom. The topological polar surface area (TPSA) is 67.9 Å². The Balaban J connectivity index is 2.09. The van der Waals surface area contributed by atoms with Gasteiger partial charge in [-0.15, -0.1) is 0 Å². The van der Waals surface area contributed by atoms with Gasteiger partial charge in [0.25, 0.3) is 0 Å². The Labute approximate surface area is 104 Å². The number of anilines is 1. The lowest BCUT2D eigenvalue weighted by molar-refractivity contribution is 0.566. The van der Waals surface area contributed by atoms with Gasteiger partial charge in [0.2, 0.25) is 0 Å². The number of hydrogen-bond acceptors (Lipinski definition) is 6. The summed E-state index contributed by atoms with van der Waals surface area (Å²) >= 11 is 1.43. The lowest BCUT2D eigenvalue weighted by Gasteiger charge is -2.17. The van der Waals surface area contributed by atoms with Crippen LogP contribution >= 0.6 is 11.5 Å². The van der Waals surface area contributed by atoms with Crippen molar-refractivity contribution < 1.29 is 0 Å². The first-order valence-corrected chi connectivity index (χ1v) is 6.51. The van der Waals surface area contributed by atoms with Crippen LogP contribution in [0.3, 0.4) is 0 Å². The molecule has 2 unspecified atom stereocenters. The largest absolute Gasteiger partial charge is 0.354 e. The van der Waals surface area contributed by atoms with Crippen molar-refractivity contribution in [2.75, 3.05) is 18.0 Å². The Hall–Kier alpha value is -1.27. The minimum absolute atomic E-state index is 0.229. The molecule has 0 radical (unpaired) electrons. The number of aromatic nitrogens is 3. The van der Waals surface area contributed by atoms with E-state index in [1.165, 1.54) is 11.5 Å². The van der Waals surface area contributed by atoms with E-state index >= 15 is 0 Å². The summed E-state index contributed by atoms with van der Waals surface area (Å²) in [5, 5.41) is 1.08. The second-order valence-corrected chi connectivity index (χ2v) is 5.44. The van der Waals surface area contributed by atoms with Crippen molar-refractivity contribution in [2.24, 2.45) is 11.7 Å². The minimum Gasteiger partial charge on any atom is -0.354 e.